The number of nitrogens with one attached hydrogen (secondary N) is 1. The highest BCUT2D eigenvalue weighted by Crippen LogP contribution is 2.26. The first kappa shape index (κ1) is 13.2. The Labute approximate surface area is 109 Å². The molecule has 1 unspecified atom stereocenters. The van der Waals surface area contributed by atoms with Crippen molar-refractivity contribution in [1.29, 1.82) is 0 Å². The molecule has 0 aliphatic carbocycles. The number of benzene rings is 1. The van der Waals surface area contributed by atoms with Gasteiger partial charge in [-0.2, -0.15) is 0 Å². The van der Waals surface area contributed by atoms with Crippen molar-refractivity contribution in [3.63, 3.8) is 0 Å². The van der Waals surface area contributed by atoms with Gasteiger partial charge in [0.15, 0.2) is 0 Å². The molecule has 2 rings (SSSR count). The molecule has 2 N–H and O–H groups in total. The Morgan fingerprint density at radius 3 is 3.06 bits per heavy atom. The molecule has 1 aliphatic rings. The van der Waals surface area contributed by atoms with Gasteiger partial charge < -0.3 is 15.2 Å². The summed E-state index contributed by atoms with van der Waals surface area (Å²) in [6, 6.07) is 5.41. The van der Waals surface area contributed by atoms with Crippen LogP contribution in [-0.4, -0.2) is 43.8 Å². The van der Waals surface area contributed by atoms with Crippen LogP contribution >= 0.6 is 0 Å². The molecule has 4 nitrogen and oxygen atoms in total. The number of methoxy groups -OCH3 is 1. The summed E-state index contributed by atoms with van der Waals surface area (Å²) in [5.74, 6) is 1.88. The van der Waals surface area contributed by atoms with Gasteiger partial charge >= 0.3 is 0 Å². The lowest BCUT2D eigenvalue weighted by Gasteiger charge is -2.17. The fraction of sp³-hybridized carbons (Fsp3) is 0.571. The van der Waals surface area contributed by atoms with Gasteiger partial charge in [0.2, 0.25) is 0 Å². The van der Waals surface area contributed by atoms with E-state index < -0.39 is 0 Å². The van der Waals surface area contributed by atoms with Crippen molar-refractivity contribution in [3.8, 4) is 11.5 Å². The fourth-order valence-corrected chi connectivity index (χ4v) is 2.57. The highest BCUT2D eigenvalue weighted by atomic mass is 16.5. The zero-order valence-corrected chi connectivity index (χ0v) is 11.1. The molecule has 0 bridgehead atoms. The second-order valence-corrected chi connectivity index (χ2v) is 4.94. The van der Waals surface area contributed by atoms with E-state index in [1.165, 1.54) is 6.42 Å². The summed E-state index contributed by atoms with van der Waals surface area (Å²) in [6.45, 7) is 4.06. The molecule has 1 aromatic carbocycles. The monoisotopic (exact) mass is 250 g/mol. The second-order valence-electron chi connectivity index (χ2n) is 4.94. The molecule has 1 fully saturated rings. The third-order valence-corrected chi connectivity index (χ3v) is 3.54. The van der Waals surface area contributed by atoms with E-state index in [-0.39, 0.29) is 0 Å². The van der Waals surface area contributed by atoms with Crippen molar-refractivity contribution in [3.05, 3.63) is 23.8 Å². The van der Waals surface area contributed by atoms with Crippen molar-refractivity contribution in [2.75, 3.05) is 33.8 Å². The number of rotatable bonds is 5. The zero-order valence-electron chi connectivity index (χ0n) is 11.1. The summed E-state index contributed by atoms with van der Waals surface area (Å²) in [5, 5.41) is 13.1. The van der Waals surface area contributed by atoms with Gasteiger partial charge in [0.1, 0.15) is 11.5 Å². The van der Waals surface area contributed by atoms with Crippen LogP contribution in [0.15, 0.2) is 18.2 Å². The van der Waals surface area contributed by atoms with E-state index >= 15 is 0 Å². The van der Waals surface area contributed by atoms with Gasteiger partial charge in [-0.15, -0.1) is 0 Å². The Morgan fingerprint density at radius 1 is 1.50 bits per heavy atom. The van der Waals surface area contributed by atoms with E-state index in [1.54, 1.807) is 19.2 Å². The maximum atomic E-state index is 9.87. The molecule has 0 saturated carbocycles. The second kappa shape index (κ2) is 6.07. The average Bonchev–Trinajstić information content (AvgIpc) is 2.80. The summed E-state index contributed by atoms with van der Waals surface area (Å²) in [7, 11) is 3.64. The molecular weight excluding hydrogens is 228 g/mol. The van der Waals surface area contributed by atoms with E-state index in [4.69, 9.17) is 4.74 Å². The number of phenols is 1. The Morgan fingerprint density at radius 2 is 2.33 bits per heavy atom. The standard InChI is InChI=1S/C14H22N2O2/c1-15-8-11-5-6-16(9-11)10-12-7-13(18-2)3-4-14(12)17/h3-4,7,11,15,17H,5-6,8-10H2,1-2H3. The van der Waals surface area contributed by atoms with Crippen LogP contribution in [0, 0.1) is 5.92 Å². The normalized spacial score (nSPS) is 20.2. The maximum absolute atomic E-state index is 9.87. The van der Waals surface area contributed by atoms with Crippen LogP contribution in [0.5, 0.6) is 11.5 Å². The molecule has 0 aromatic heterocycles. The van der Waals surface area contributed by atoms with Crippen LogP contribution in [0.3, 0.4) is 0 Å². The minimum Gasteiger partial charge on any atom is -0.508 e. The number of nitrogens with zero attached hydrogens (tertiary/aromatic N) is 1. The molecule has 18 heavy (non-hydrogen) atoms. The largest absolute Gasteiger partial charge is 0.508 e. The Hall–Kier alpha value is -1.26. The summed E-state index contributed by atoms with van der Waals surface area (Å²) in [6.07, 6.45) is 1.23. The maximum Gasteiger partial charge on any atom is 0.120 e. The minimum atomic E-state index is 0.355. The summed E-state index contributed by atoms with van der Waals surface area (Å²) in [5.41, 5.74) is 0.944. The quantitative estimate of drug-likeness (QED) is 0.830. The summed E-state index contributed by atoms with van der Waals surface area (Å²) in [4.78, 5) is 2.39. The van der Waals surface area contributed by atoms with Crippen LogP contribution in [0.25, 0.3) is 0 Å². The molecule has 1 aromatic rings. The molecule has 0 amide bonds. The van der Waals surface area contributed by atoms with Crippen molar-refractivity contribution < 1.29 is 9.84 Å². The van der Waals surface area contributed by atoms with Gasteiger partial charge in [-0.25, -0.2) is 0 Å². The van der Waals surface area contributed by atoms with E-state index in [9.17, 15) is 5.11 Å². The van der Waals surface area contributed by atoms with Crippen molar-refractivity contribution >= 4 is 0 Å². The molecule has 0 radical (unpaired) electrons. The third kappa shape index (κ3) is 3.15. The summed E-state index contributed by atoms with van der Waals surface area (Å²) >= 11 is 0. The lowest BCUT2D eigenvalue weighted by Crippen LogP contribution is -2.24. The predicted molar refractivity (Wildman–Crippen MR) is 72.0 cm³/mol. The molecule has 1 saturated heterocycles. The topological polar surface area (TPSA) is 44.7 Å². The van der Waals surface area contributed by atoms with Gasteiger partial charge in [-0.05, 0) is 50.7 Å². The number of likely N-dealkylation sites (tertiary alicyclic amines) is 1. The first-order valence-electron chi connectivity index (χ1n) is 6.45. The predicted octanol–water partition coefficient (Wildman–Crippen LogP) is 1.44. The zero-order chi connectivity index (χ0) is 13.0. The van der Waals surface area contributed by atoms with Gasteiger partial charge in [0, 0.05) is 18.7 Å². The van der Waals surface area contributed by atoms with E-state index in [0.717, 1.165) is 43.4 Å². The lowest BCUT2D eigenvalue weighted by atomic mass is 10.1. The first-order valence-corrected chi connectivity index (χ1v) is 6.45. The van der Waals surface area contributed by atoms with Gasteiger partial charge in [-0.1, -0.05) is 0 Å². The van der Waals surface area contributed by atoms with Crippen molar-refractivity contribution in [1.82, 2.24) is 10.2 Å². The van der Waals surface area contributed by atoms with Gasteiger partial charge in [-0.3, -0.25) is 4.90 Å². The van der Waals surface area contributed by atoms with Crippen LogP contribution in [0.2, 0.25) is 0 Å². The SMILES string of the molecule is CNCC1CCN(Cc2cc(OC)ccc2O)C1. The number of aromatic hydroxyl groups is 1. The van der Waals surface area contributed by atoms with Gasteiger partial charge in [0.25, 0.3) is 0 Å². The number of phenolic OH excluding ortho intramolecular Hbond substituents is 1. The summed E-state index contributed by atoms with van der Waals surface area (Å²) < 4.78 is 5.19. The fourth-order valence-electron chi connectivity index (χ4n) is 2.57. The van der Waals surface area contributed by atoms with Crippen molar-refractivity contribution in [2.24, 2.45) is 5.92 Å². The highest BCUT2D eigenvalue weighted by molar-refractivity contribution is 5.39. The first-order chi connectivity index (χ1) is 8.72. The van der Waals surface area contributed by atoms with E-state index in [1.807, 2.05) is 13.1 Å². The number of hydrogen-bond donors (Lipinski definition) is 2. The van der Waals surface area contributed by atoms with Crippen LogP contribution in [0.4, 0.5) is 0 Å². The molecule has 1 atom stereocenters. The number of ether oxygens (including phenoxy) is 1. The molecule has 4 heteroatoms. The molecule has 100 valence electrons. The van der Waals surface area contributed by atoms with Gasteiger partial charge in [0.05, 0.1) is 7.11 Å². The Balaban J connectivity index is 1.97. The third-order valence-electron chi connectivity index (χ3n) is 3.54. The average molecular weight is 250 g/mol. The Bertz CT molecular complexity index is 395. The van der Waals surface area contributed by atoms with E-state index in [2.05, 4.69) is 10.2 Å². The minimum absolute atomic E-state index is 0.355. The van der Waals surface area contributed by atoms with Crippen LogP contribution < -0.4 is 10.1 Å². The Kier molecular flexibility index (Phi) is 4.44. The molecule has 1 aliphatic heterocycles. The van der Waals surface area contributed by atoms with Crippen LogP contribution in [0.1, 0.15) is 12.0 Å². The van der Waals surface area contributed by atoms with E-state index in [0.29, 0.717) is 5.75 Å². The van der Waals surface area contributed by atoms with Crippen LogP contribution in [-0.2, 0) is 6.54 Å². The highest BCUT2D eigenvalue weighted by Gasteiger charge is 2.22. The number of hydrogen-bond acceptors (Lipinski definition) is 4. The molecule has 1 heterocycles. The van der Waals surface area contributed by atoms with Crippen molar-refractivity contribution in [2.45, 2.75) is 13.0 Å². The molecule has 0 spiro atoms. The smallest absolute Gasteiger partial charge is 0.120 e. The molecular formula is C14H22N2O2. The lowest BCUT2D eigenvalue weighted by molar-refractivity contribution is 0.308.